The first-order valence-corrected chi connectivity index (χ1v) is 11.0. The second-order valence-corrected chi connectivity index (χ2v) is 9.32. The van der Waals surface area contributed by atoms with Crippen LogP contribution in [0.5, 0.6) is 0 Å². The van der Waals surface area contributed by atoms with Crippen molar-refractivity contribution in [3.05, 3.63) is 64.2 Å². The van der Waals surface area contributed by atoms with Crippen molar-refractivity contribution in [2.24, 2.45) is 11.8 Å². The number of carbonyl (C=O) groups is 1. The molecule has 1 atom stereocenters. The number of carbonyl (C=O) groups excluding carboxylic acids is 1. The van der Waals surface area contributed by atoms with Crippen LogP contribution in [-0.2, 0) is 23.1 Å². The highest BCUT2D eigenvalue weighted by molar-refractivity contribution is 6.30. The zero-order valence-electron chi connectivity index (χ0n) is 17.6. The largest absolute Gasteiger partial charge is 0.416 e. The number of amides is 1. The van der Waals surface area contributed by atoms with Gasteiger partial charge in [-0.1, -0.05) is 24.6 Å². The summed E-state index contributed by atoms with van der Waals surface area (Å²) < 4.78 is 39.4. The lowest BCUT2D eigenvalue weighted by atomic mass is 9.69. The lowest BCUT2D eigenvalue weighted by Gasteiger charge is -2.44. The van der Waals surface area contributed by atoms with Crippen LogP contribution in [-0.4, -0.2) is 17.9 Å². The van der Waals surface area contributed by atoms with Gasteiger partial charge in [-0.2, -0.15) is 13.2 Å². The molecule has 1 fully saturated rings. The summed E-state index contributed by atoms with van der Waals surface area (Å²) in [7, 11) is 1.99. The molecule has 3 nitrogen and oxygen atoms in total. The molecule has 31 heavy (non-hydrogen) atoms. The van der Waals surface area contributed by atoms with Gasteiger partial charge in [-0.15, -0.1) is 0 Å². The van der Waals surface area contributed by atoms with Gasteiger partial charge in [0.1, 0.15) is 0 Å². The Morgan fingerprint density at radius 1 is 1.16 bits per heavy atom. The number of nitrogens with one attached hydrogen (secondary N) is 1. The predicted molar refractivity (Wildman–Crippen MR) is 116 cm³/mol. The van der Waals surface area contributed by atoms with Crippen LogP contribution < -0.4 is 5.32 Å². The zero-order valence-corrected chi connectivity index (χ0v) is 18.4. The topological polar surface area (TPSA) is 32.3 Å². The summed E-state index contributed by atoms with van der Waals surface area (Å²) in [6.45, 7) is 2.48. The summed E-state index contributed by atoms with van der Waals surface area (Å²) in [5, 5.41) is 3.58. The Balaban J connectivity index is 1.44. The Morgan fingerprint density at radius 2 is 1.81 bits per heavy atom. The summed E-state index contributed by atoms with van der Waals surface area (Å²) in [4.78, 5) is 14.9. The maximum Gasteiger partial charge on any atom is 0.416 e. The molecule has 1 heterocycles. The number of hydrogen-bond donors (Lipinski definition) is 1. The van der Waals surface area contributed by atoms with Crippen LogP contribution in [0.2, 0.25) is 5.02 Å². The van der Waals surface area contributed by atoms with Gasteiger partial charge in [-0.25, -0.2) is 0 Å². The highest BCUT2D eigenvalue weighted by Crippen LogP contribution is 2.51. The van der Waals surface area contributed by atoms with Gasteiger partial charge in [0.15, 0.2) is 0 Å². The number of hydrogen-bond acceptors (Lipinski definition) is 2. The fraction of sp³-hybridized carbons (Fsp3) is 0.458. The fourth-order valence-electron chi connectivity index (χ4n) is 5.24. The van der Waals surface area contributed by atoms with Gasteiger partial charge < -0.3 is 5.32 Å². The van der Waals surface area contributed by atoms with Crippen LogP contribution in [0.15, 0.2) is 42.5 Å². The molecule has 1 aliphatic heterocycles. The van der Waals surface area contributed by atoms with Gasteiger partial charge in [0.05, 0.1) is 5.56 Å². The Morgan fingerprint density at radius 3 is 2.42 bits per heavy atom. The first kappa shape index (κ1) is 22.2. The molecule has 4 rings (SSSR count). The van der Waals surface area contributed by atoms with E-state index in [1.54, 1.807) is 30.3 Å². The summed E-state index contributed by atoms with van der Waals surface area (Å²) >= 11 is 5.90. The molecule has 0 aromatic heterocycles. The van der Waals surface area contributed by atoms with Crippen LogP contribution in [0.4, 0.5) is 18.9 Å². The molecule has 0 radical (unpaired) electrons. The van der Waals surface area contributed by atoms with Gasteiger partial charge in [-0.3, -0.25) is 9.69 Å². The first-order valence-electron chi connectivity index (χ1n) is 10.6. The molecule has 7 heteroatoms. The van der Waals surface area contributed by atoms with Crippen LogP contribution in [0.3, 0.4) is 0 Å². The van der Waals surface area contributed by atoms with E-state index in [2.05, 4.69) is 10.2 Å². The molecule has 1 spiro atoms. The molecule has 2 aromatic carbocycles. The first-order chi connectivity index (χ1) is 14.6. The Bertz CT molecular complexity index is 966. The molecule has 1 aliphatic carbocycles. The van der Waals surface area contributed by atoms with Crippen molar-refractivity contribution in [1.82, 2.24) is 4.90 Å². The van der Waals surface area contributed by atoms with Gasteiger partial charge in [0.2, 0.25) is 5.91 Å². The van der Waals surface area contributed by atoms with E-state index in [9.17, 15) is 18.0 Å². The van der Waals surface area contributed by atoms with E-state index in [1.807, 2.05) is 14.0 Å². The molecule has 166 valence electrons. The van der Waals surface area contributed by atoms with Gasteiger partial charge >= 0.3 is 6.18 Å². The molecular formula is C24H26ClF3N2O. The summed E-state index contributed by atoms with van der Waals surface area (Å²) in [6, 6.07) is 11.2. The average molecular weight is 451 g/mol. The molecular weight excluding hydrogens is 425 g/mol. The standard InChI is InChI=1S/C24H26ClF3N2O/c1-15(22(31)29-20-6-4-19(25)5-7-20)16-9-11-23(12-10-16)21-8-3-18(24(26,27)28)13-17(21)14-30(23)2/h3-8,13,15-16H,9-12,14H2,1-2H3,(H,29,31). The predicted octanol–water partition coefficient (Wildman–Crippen LogP) is 6.46. The minimum Gasteiger partial charge on any atom is -0.326 e. The number of halogens is 4. The zero-order chi connectivity index (χ0) is 22.4. The summed E-state index contributed by atoms with van der Waals surface area (Å²) in [6.07, 6.45) is -0.926. The molecule has 0 bridgehead atoms. The van der Waals surface area contributed by atoms with E-state index in [1.165, 1.54) is 12.1 Å². The normalized spacial score (nSPS) is 24.8. The SMILES string of the molecule is CC(C(=O)Nc1ccc(Cl)cc1)C1CCC2(CC1)c1ccc(C(F)(F)F)cc1CN2C. The smallest absolute Gasteiger partial charge is 0.326 e. The van der Waals surface area contributed by atoms with Crippen molar-refractivity contribution >= 4 is 23.2 Å². The Labute approximate surface area is 185 Å². The van der Waals surface area contributed by atoms with E-state index < -0.39 is 11.7 Å². The van der Waals surface area contributed by atoms with Gasteiger partial charge in [0, 0.05) is 28.7 Å². The highest BCUT2D eigenvalue weighted by Gasteiger charge is 2.47. The monoisotopic (exact) mass is 450 g/mol. The number of fused-ring (bicyclic) bond motifs is 2. The molecule has 1 N–H and O–H groups in total. The third-order valence-corrected chi connectivity index (χ3v) is 7.41. The summed E-state index contributed by atoms with van der Waals surface area (Å²) in [5.74, 6) is 0.0786. The lowest BCUT2D eigenvalue weighted by molar-refractivity contribution is -0.137. The fourth-order valence-corrected chi connectivity index (χ4v) is 5.37. The number of nitrogens with zero attached hydrogens (tertiary/aromatic N) is 1. The van der Waals surface area contributed by atoms with Gasteiger partial charge in [0.25, 0.3) is 0 Å². The van der Waals surface area contributed by atoms with Crippen LogP contribution in [0.25, 0.3) is 0 Å². The Kier molecular flexibility index (Phi) is 5.81. The number of alkyl halides is 3. The third-order valence-electron chi connectivity index (χ3n) is 7.16. The van der Waals surface area contributed by atoms with Crippen molar-refractivity contribution < 1.29 is 18.0 Å². The van der Waals surface area contributed by atoms with E-state index in [-0.39, 0.29) is 23.3 Å². The van der Waals surface area contributed by atoms with E-state index >= 15 is 0 Å². The molecule has 2 aromatic rings. The van der Waals surface area contributed by atoms with Crippen molar-refractivity contribution in [2.45, 2.75) is 50.9 Å². The van der Waals surface area contributed by atoms with E-state index in [0.29, 0.717) is 11.6 Å². The number of anilines is 1. The average Bonchev–Trinajstić information content (AvgIpc) is 3.00. The molecule has 1 unspecified atom stereocenters. The van der Waals surface area contributed by atoms with Crippen molar-refractivity contribution in [2.75, 3.05) is 12.4 Å². The second-order valence-electron chi connectivity index (χ2n) is 8.88. The maximum absolute atomic E-state index is 13.1. The minimum absolute atomic E-state index is 0.0155. The number of benzene rings is 2. The highest BCUT2D eigenvalue weighted by atomic mass is 35.5. The third kappa shape index (κ3) is 4.20. The molecule has 0 saturated heterocycles. The molecule has 1 amide bonds. The molecule has 2 aliphatic rings. The lowest BCUT2D eigenvalue weighted by Crippen LogP contribution is -2.43. The minimum atomic E-state index is -4.33. The Hall–Kier alpha value is -2.05. The van der Waals surface area contributed by atoms with Crippen LogP contribution in [0, 0.1) is 11.8 Å². The van der Waals surface area contributed by atoms with Gasteiger partial charge in [-0.05, 0) is 86.2 Å². The van der Waals surface area contributed by atoms with Crippen LogP contribution >= 0.6 is 11.6 Å². The summed E-state index contributed by atoms with van der Waals surface area (Å²) in [5.41, 5.74) is 1.68. The van der Waals surface area contributed by atoms with E-state index in [4.69, 9.17) is 11.6 Å². The van der Waals surface area contributed by atoms with E-state index in [0.717, 1.165) is 42.5 Å². The number of rotatable bonds is 3. The quantitative estimate of drug-likeness (QED) is 0.581. The van der Waals surface area contributed by atoms with Crippen LogP contribution in [0.1, 0.15) is 49.3 Å². The maximum atomic E-state index is 13.1. The van der Waals surface area contributed by atoms with Crippen molar-refractivity contribution in [3.63, 3.8) is 0 Å². The van der Waals surface area contributed by atoms with Crippen molar-refractivity contribution in [1.29, 1.82) is 0 Å². The van der Waals surface area contributed by atoms with Crippen molar-refractivity contribution in [3.8, 4) is 0 Å². The molecule has 1 saturated carbocycles. The second kappa shape index (κ2) is 8.14.